The highest BCUT2D eigenvalue weighted by atomic mass is 32.1. The summed E-state index contributed by atoms with van der Waals surface area (Å²) in [6, 6.07) is 71.3. The molecule has 3 aromatic heterocycles. The lowest BCUT2D eigenvalue weighted by Crippen LogP contribution is -2.14. The van der Waals surface area contributed by atoms with Crippen LogP contribution in [0.5, 0.6) is 0 Å². The molecular formula is C60H39N3OS. The van der Waals surface area contributed by atoms with Gasteiger partial charge in [0.15, 0.2) is 17.5 Å². The molecule has 0 amide bonds. The zero-order valence-corrected chi connectivity index (χ0v) is 36.5. The fourth-order valence-electron chi connectivity index (χ4n) is 10.1. The zero-order valence-electron chi connectivity index (χ0n) is 35.7. The molecule has 0 saturated heterocycles. The first kappa shape index (κ1) is 37.6. The van der Waals surface area contributed by atoms with Gasteiger partial charge in [-0.1, -0.05) is 178 Å². The van der Waals surface area contributed by atoms with Gasteiger partial charge in [-0.15, -0.1) is 11.3 Å². The summed E-state index contributed by atoms with van der Waals surface area (Å²) in [5.41, 5.74) is 16.7. The maximum atomic E-state index is 6.57. The molecule has 0 atom stereocenters. The summed E-state index contributed by atoms with van der Waals surface area (Å²) in [7, 11) is 0. The molecule has 1 aliphatic rings. The Balaban J connectivity index is 0.940. The molecule has 3 heterocycles. The largest absolute Gasteiger partial charge is 0.456 e. The summed E-state index contributed by atoms with van der Waals surface area (Å²) in [6.07, 6.45) is 0. The van der Waals surface area contributed by atoms with Crippen molar-refractivity contribution in [1.82, 2.24) is 15.0 Å². The van der Waals surface area contributed by atoms with Gasteiger partial charge in [-0.05, 0) is 92.0 Å². The van der Waals surface area contributed by atoms with E-state index < -0.39 is 0 Å². The van der Waals surface area contributed by atoms with Crippen LogP contribution in [-0.2, 0) is 5.41 Å². The Morgan fingerprint density at radius 2 is 0.954 bits per heavy atom. The van der Waals surface area contributed by atoms with Crippen molar-refractivity contribution in [3.8, 4) is 78.7 Å². The lowest BCUT2D eigenvalue weighted by Gasteiger charge is -2.21. The molecule has 306 valence electrons. The van der Waals surface area contributed by atoms with Crippen molar-refractivity contribution in [2.45, 2.75) is 19.3 Å². The van der Waals surface area contributed by atoms with Gasteiger partial charge in [0.05, 0.1) is 0 Å². The zero-order chi connectivity index (χ0) is 43.2. The fourth-order valence-corrected chi connectivity index (χ4v) is 11.3. The van der Waals surface area contributed by atoms with Gasteiger partial charge in [-0.25, -0.2) is 15.0 Å². The normalized spacial score (nSPS) is 12.9. The summed E-state index contributed by atoms with van der Waals surface area (Å²) in [5.74, 6) is 1.83. The van der Waals surface area contributed by atoms with Crippen LogP contribution in [-0.4, -0.2) is 15.0 Å². The van der Waals surface area contributed by atoms with Crippen molar-refractivity contribution in [2.24, 2.45) is 0 Å². The monoisotopic (exact) mass is 849 g/mol. The number of fused-ring (bicyclic) bond motifs is 9. The van der Waals surface area contributed by atoms with Gasteiger partial charge >= 0.3 is 0 Å². The molecule has 0 unspecified atom stereocenters. The highest BCUT2D eigenvalue weighted by molar-refractivity contribution is 7.25. The van der Waals surface area contributed by atoms with E-state index in [1.165, 1.54) is 53.6 Å². The molecule has 0 aliphatic heterocycles. The Bertz CT molecular complexity index is 3860. The van der Waals surface area contributed by atoms with Crippen molar-refractivity contribution in [2.75, 3.05) is 0 Å². The van der Waals surface area contributed by atoms with Gasteiger partial charge in [0.1, 0.15) is 11.2 Å². The van der Waals surface area contributed by atoms with E-state index in [2.05, 4.69) is 196 Å². The molecule has 5 heteroatoms. The SMILES string of the molecule is CC1(C)c2ccccc2-c2c(-c3ccc(-c4ccc5oc6cccc(-c7nc(-c8cccc(-c9ccccc9)c8)nc(-c8ccc9c(c8)sc8ccccc89)n7)c6c5c4)cc3)cccc21. The summed E-state index contributed by atoms with van der Waals surface area (Å²) in [4.78, 5) is 15.8. The van der Waals surface area contributed by atoms with Crippen molar-refractivity contribution >= 4 is 53.4 Å². The van der Waals surface area contributed by atoms with Gasteiger partial charge in [-0.2, -0.15) is 0 Å². The first-order chi connectivity index (χ1) is 31.9. The van der Waals surface area contributed by atoms with E-state index in [1.54, 1.807) is 11.3 Å². The first-order valence-electron chi connectivity index (χ1n) is 22.1. The second-order valence-corrected chi connectivity index (χ2v) is 18.6. The van der Waals surface area contributed by atoms with E-state index in [1.807, 2.05) is 18.2 Å². The van der Waals surface area contributed by atoms with Crippen LogP contribution in [0.15, 0.2) is 205 Å². The predicted octanol–water partition coefficient (Wildman–Crippen LogP) is 16.4. The minimum atomic E-state index is -0.0463. The Morgan fingerprint density at radius 3 is 1.83 bits per heavy atom. The average molecular weight is 850 g/mol. The Kier molecular flexibility index (Phi) is 8.39. The maximum absolute atomic E-state index is 6.57. The lowest BCUT2D eigenvalue weighted by molar-refractivity contribution is 0.660. The molecule has 0 bridgehead atoms. The van der Waals surface area contributed by atoms with Crippen molar-refractivity contribution in [3.63, 3.8) is 0 Å². The number of hydrogen-bond donors (Lipinski definition) is 0. The minimum absolute atomic E-state index is 0.0463. The molecular weight excluding hydrogens is 811 g/mol. The van der Waals surface area contributed by atoms with Crippen LogP contribution in [0.2, 0.25) is 0 Å². The van der Waals surface area contributed by atoms with Gasteiger partial charge in [0, 0.05) is 53.1 Å². The number of aromatic nitrogens is 3. The smallest absolute Gasteiger partial charge is 0.164 e. The van der Waals surface area contributed by atoms with E-state index in [-0.39, 0.29) is 5.41 Å². The van der Waals surface area contributed by atoms with Crippen LogP contribution in [0.4, 0.5) is 0 Å². The van der Waals surface area contributed by atoms with E-state index in [0.717, 1.165) is 60.9 Å². The van der Waals surface area contributed by atoms with E-state index in [9.17, 15) is 0 Å². The van der Waals surface area contributed by atoms with Gasteiger partial charge in [0.2, 0.25) is 0 Å². The third kappa shape index (κ3) is 6.07. The summed E-state index contributed by atoms with van der Waals surface area (Å²) in [6.45, 7) is 4.67. The number of thiophene rings is 1. The molecule has 4 nitrogen and oxygen atoms in total. The van der Waals surface area contributed by atoms with Crippen molar-refractivity contribution in [3.05, 3.63) is 211 Å². The molecule has 9 aromatic carbocycles. The fraction of sp³-hybridized carbons (Fsp3) is 0.0500. The van der Waals surface area contributed by atoms with Gasteiger partial charge in [-0.3, -0.25) is 0 Å². The van der Waals surface area contributed by atoms with E-state index >= 15 is 0 Å². The topological polar surface area (TPSA) is 51.8 Å². The molecule has 0 fully saturated rings. The maximum Gasteiger partial charge on any atom is 0.164 e. The molecule has 0 N–H and O–H groups in total. The highest BCUT2D eigenvalue weighted by Gasteiger charge is 2.36. The van der Waals surface area contributed by atoms with Crippen LogP contribution >= 0.6 is 11.3 Å². The lowest BCUT2D eigenvalue weighted by atomic mass is 9.82. The van der Waals surface area contributed by atoms with E-state index in [0.29, 0.717) is 17.5 Å². The van der Waals surface area contributed by atoms with Crippen LogP contribution in [0.3, 0.4) is 0 Å². The number of benzene rings is 9. The molecule has 1 aliphatic carbocycles. The van der Waals surface area contributed by atoms with Crippen molar-refractivity contribution < 1.29 is 4.42 Å². The predicted molar refractivity (Wildman–Crippen MR) is 270 cm³/mol. The summed E-state index contributed by atoms with van der Waals surface area (Å²) < 4.78 is 9.03. The third-order valence-corrected chi connectivity index (χ3v) is 14.5. The highest BCUT2D eigenvalue weighted by Crippen LogP contribution is 2.52. The Morgan fingerprint density at radius 1 is 0.369 bits per heavy atom. The van der Waals surface area contributed by atoms with Crippen molar-refractivity contribution in [1.29, 1.82) is 0 Å². The second-order valence-electron chi connectivity index (χ2n) is 17.5. The van der Waals surface area contributed by atoms with Gasteiger partial charge < -0.3 is 4.42 Å². The molecule has 65 heavy (non-hydrogen) atoms. The molecule has 0 spiro atoms. The minimum Gasteiger partial charge on any atom is -0.456 e. The van der Waals surface area contributed by atoms with Crippen LogP contribution in [0.1, 0.15) is 25.0 Å². The number of nitrogens with zero attached hydrogens (tertiary/aromatic N) is 3. The number of rotatable bonds is 6. The summed E-state index contributed by atoms with van der Waals surface area (Å²) in [5, 5.41) is 4.48. The second kappa shape index (κ2) is 14.5. The molecule has 13 rings (SSSR count). The van der Waals surface area contributed by atoms with Crippen LogP contribution < -0.4 is 0 Å². The van der Waals surface area contributed by atoms with E-state index in [4.69, 9.17) is 19.4 Å². The Hall–Kier alpha value is -7.99. The molecule has 0 saturated carbocycles. The third-order valence-electron chi connectivity index (χ3n) is 13.4. The molecule has 0 radical (unpaired) electrons. The number of furan rings is 1. The standard InChI is InChI=1S/C60H39N3OS/c1-60(2)49-21-8-6-18-46(49)55-43(19-11-22-50(55)60)38-27-25-37(26-28-38)40-30-32-51-48(34-40)56-47(20-12-23-52(56)64-51)59-62-57(41-16-10-15-39(33-41)36-13-4-3-5-14-36)61-58(63-59)42-29-31-45-44-17-7-9-24-53(44)65-54(45)35-42/h3-35H,1-2H3. The Labute approximate surface area is 380 Å². The molecule has 12 aromatic rings. The quantitative estimate of drug-likeness (QED) is 0.167. The average Bonchev–Trinajstić information content (AvgIpc) is 4.01. The number of hydrogen-bond acceptors (Lipinski definition) is 5. The first-order valence-corrected chi connectivity index (χ1v) is 22.9. The van der Waals surface area contributed by atoms with Crippen LogP contribution in [0.25, 0.3) is 121 Å². The van der Waals surface area contributed by atoms with Crippen LogP contribution in [0, 0.1) is 0 Å². The van der Waals surface area contributed by atoms with Gasteiger partial charge in [0.25, 0.3) is 0 Å². The summed E-state index contributed by atoms with van der Waals surface area (Å²) >= 11 is 1.79.